The third-order valence-corrected chi connectivity index (χ3v) is 3.61. The maximum absolute atomic E-state index is 5.14. The quantitative estimate of drug-likeness (QED) is 0.595. The standard InChI is InChI=1S/C13H27NO/c1-4-9-14-11-13(2,12-6-7-12)8-5-10-15-3/h12,14H,4-11H2,1-3H3. The lowest BCUT2D eigenvalue weighted by molar-refractivity contribution is 0.159. The Hall–Kier alpha value is -0.0800. The molecule has 2 heteroatoms. The van der Waals surface area contributed by atoms with Crippen molar-refractivity contribution < 1.29 is 4.74 Å². The van der Waals surface area contributed by atoms with Gasteiger partial charge in [0.15, 0.2) is 0 Å². The van der Waals surface area contributed by atoms with E-state index in [-0.39, 0.29) is 0 Å². The second-order valence-electron chi connectivity index (χ2n) is 5.20. The highest BCUT2D eigenvalue weighted by atomic mass is 16.5. The number of methoxy groups -OCH3 is 1. The molecular formula is C13H27NO. The van der Waals surface area contributed by atoms with Crippen LogP contribution in [0.4, 0.5) is 0 Å². The normalized spacial score (nSPS) is 20.2. The maximum atomic E-state index is 5.14. The summed E-state index contributed by atoms with van der Waals surface area (Å²) >= 11 is 0. The summed E-state index contributed by atoms with van der Waals surface area (Å²) in [6.45, 7) is 7.94. The van der Waals surface area contributed by atoms with E-state index in [2.05, 4.69) is 19.2 Å². The number of hydrogen-bond donors (Lipinski definition) is 1. The van der Waals surface area contributed by atoms with Gasteiger partial charge in [-0.25, -0.2) is 0 Å². The molecule has 1 aliphatic rings. The van der Waals surface area contributed by atoms with Crippen LogP contribution in [0.5, 0.6) is 0 Å². The fraction of sp³-hybridized carbons (Fsp3) is 1.00. The lowest BCUT2D eigenvalue weighted by Gasteiger charge is -2.30. The lowest BCUT2D eigenvalue weighted by atomic mass is 9.80. The Balaban J connectivity index is 2.25. The first-order valence-corrected chi connectivity index (χ1v) is 6.42. The van der Waals surface area contributed by atoms with Crippen molar-refractivity contribution in [3.8, 4) is 0 Å². The van der Waals surface area contributed by atoms with Crippen molar-refractivity contribution >= 4 is 0 Å². The summed E-state index contributed by atoms with van der Waals surface area (Å²) in [5.74, 6) is 0.971. The zero-order chi connectivity index (χ0) is 11.1. The van der Waals surface area contributed by atoms with Crippen LogP contribution >= 0.6 is 0 Å². The second kappa shape index (κ2) is 6.49. The van der Waals surface area contributed by atoms with E-state index >= 15 is 0 Å². The van der Waals surface area contributed by atoms with Crippen molar-refractivity contribution in [2.75, 3.05) is 26.8 Å². The van der Waals surface area contributed by atoms with Crippen LogP contribution in [-0.4, -0.2) is 26.8 Å². The van der Waals surface area contributed by atoms with E-state index in [1.54, 1.807) is 7.11 Å². The number of rotatable bonds is 9. The van der Waals surface area contributed by atoms with Gasteiger partial charge in [-0.2, -0.15) is 0 Å². The first-order chi connectivity index (χ1) is 7.23. The van der Waals surface area contributed by atoms with E-state index < -0.39 is 0 Å². The molecule has 1 aliphatic carbocycles. The molecule has 0 aromatic heterocycles. The van der Waals surface area contributed by atoms with E-state index in [1.807, 2.05) is 0 Å². The molecule has 90 valence electrons. The predicted molar refractivity (Wildman–Crippen MR) is 65.1 cm³/mol. The van der Waals surface area contributed by atoms with Gasteiger partial charge in [0.1, 0.15) is 0 Å². The molecule has 1 fully saturated rings. The van der Waals surface area contributed by atoms with Crippen molar-refractivity contribution in [1.82, 2.24) is 5.32 Å². The third kappa shape index (κ3) is 4.52. The van der Waals surface area contributed by atoms with Gasteiger partial charge in [-0.05, 0) is 50.0 Å². The Bertz CT molecular complexity index is 156. The molecule has 1 atom stereocenters. The summed E-state index contributed by atoms with van der Waals surface area (Å²) in [4.78, 5) is 0. The zero-order valence-electron chi connectivity index (χ0n) is 10.6. The van der Waals surface area contributed by atoms with Gasteiger partial charge in [0.25, 0.3) is 0 Å². The maximum Gasteiger partial charge on any atom is 0.0462 e. The largest absolute Gasteiger partial charge is 0.385 e. The van der Waals surface area contributed by atoms with Crippen LogP contribution in [0, 0.1) is 11.3 Å². The molecule has 0 radical (unpaired) electrons. The number of ether oxygens (including phenoxy) is 1. The van der Waals surface area contributed by atoms with Gasteiger partial charge in [0, 0.05) is 20.3 Å². The summed E-state index contributed by atoms with van der Waals surface area (Å²) in [7, 11) is 1.80. The van der Waals surface area contributed by atoms with Crippen LogP contribution in [-0.2, 0) is 4.74 Å². The molecule has 0 saturated heterocycles. The van der Waals surface area contributed by atoms with Crippen LogP contribution in [0.15, 0.2) is 0 Å². The van der Waals surface area contributed by atoms with Crippen LogP contribution < -0.4 is 5.32 Å². The smallest absolute Gasteiger partial charge is 0.0462 e. The third-order valence-electron chi connectivity index (χ3n) is 3.61. The molecule has 0 bridgehead atoms. The van der Waals surface area contributed by atoms with Crippen molar-refractivity contribution in [3.63, 3.8) is 0 Å². The highest BCUT2D eigenvalue weighted by molar-refractivity contribution is 4.92. The van der Waals surface area contributed by atoms with Crippen LogP contribution in [0.2, 0.25) is 0 Å². The fourth-order valence-electron chi connectivity index (χ4n) is 2.39. The van der Waals surface area contributed by atoms with E-state index in [9.17, 15) is 0 Å². The van der Waals surface area contributed by atoms with Gasteiger partial charge in [-0.1, -0.05) is 13.8 Å². The second-order valence-corrected chi connectivity index (χ2v) is 5.20. The molecule has 2 nitrogen and oxygen atoms in total. The Kier molecular flexibility index (Phi) is 5.62. The zero-order valence-corrected chi connectivity index (χ0v) is 10.6. The molecule has 0 amide bonds. The molecule has 0 aromatic carbocycles. The van der Waals surface area contributed by atoms with Crippen LogP contribution in [0.3, 0.4) is 0 Å². The van der Waals surface area contributed by atoms with Crippen LogP contribution in [0.25, 0.3) is 0 Å². The fourth-order valence-corrected chi connectivity index (χ4v) is 2.39. The molecule has 0 aromatic rings. The first kappa shape index (κ1) is 13.0. The minimum absolute atomic E-state index is 0.522. The number of nitrogens with one attached hydrogen (secondary N) is 1. The molecule has 1 rings (SSSR count). The van der Waals surface area contributed by atoms with Gasteiger partial charge in [-0.3, -0.25) is 0 Å². The van der Waals surface area contributed by atoms with Crippen molar-refractivity contribution in [3.05, 3.63) is 0 Å². The highest BCUT2D eigenvalue weighted by Crippen LogP contribution is 2.47. The molecule has 0 spiro atoms. The van der Waals surface area contributed by atoms with E-state index in [0.717, 1.165) is 19.1 Å². The van der Waals surface area contributed by atoms with E-state index in [4.69, 9.17) is 4.74 Å². The summed E-state index contributed by atoms with van der Waals surface area (Å²) < 4.78 is 5.14. The highest BCUT2D eigenvalue weighted by Gasteiger charge is 2.40. The van der Waals surface area contributed by atoms with Crippen LogP contribution in [0.1, 0.15) is 46.0 Å². The minimum Gasteiger partial charge on any atom is -0.385 e. The molecule has 1 unspecified atom stereocenters. The summed E-state index contributed by atoms with van der Waals surface area (Å²) in [5, 5.41) is 3.58. The monoisotopic (exact) mass is 213 g/mol. The van der Waals surface area contributed by atoms with Gasteiger partial charge in [-0.15, -0.1) is 0 Å². The molecular weight excluding hydrogens is 186 g/mol. The molecule has 0 heterocycles. The van der Waals surface area contributed by atoms with Gasteiger partial charge in [0.2, 0.25) is 0 Å². The van der Waals surface area contributed by atoms with Crippen molar-refractivity contribution in [2.24, 2.45) is 11.3 Å². The topological polar surface area (TPSA) is 21.3 Å². The van der Waals surface area contributed by atoms with Crippen molar-refractivity contribution in [1.29, 1.82) is 0 Å². The van der Waals surface area contributed by atoms with Gasteiger partial charge >= 0.3 is 0 Å². The molecule has 1 saturated carbocycles. The van der Waals surface area contributed by atoms with Crippen molar-refractivity contribution in [2.45, 2.75) is 46.0 Å². The Morgan fingerprint density at radius 2 is 2.13 bits per heavy atom. The average Bonchev–Trinajstić information content (AvgIpc) is 3.02. The summed E-state index contributed by atoms with van der Waals surface area (Å²) in [6.07, 6.45) is 6.63. The molecule has 0 aliphatic heterocycles. The summed E-state index contributed by atoms with van der Waals surface area (Å²) in [5.41, 5.74) is 0.522. The van der Waals surface area contributed by atoms with Gasteiger partial charge < -0.3 is 10.1 Å². The SMILES string of the molecule is CCCNCC(C)(CCCOC)C1CC1. The Morgan fingerprint density at radius 3 is 2.67 bits per heavy atom. The number of hydrogen-bond acceptors (Lipinski definition) is 2. The Morgan fingerprint density at radius 1 is 1.40 bits per heavy atom. The predicted octanol–water partition coefficient (Wildman–Crippen LogP) is 2.83. The first-order valence-electron chi connectivity index (χ1n) is 6.42. The van der Waals surface area contributed by atoms with E-state index in [1.165, 1.54) is 38.6 Å². The minimum atomic E-state index is 0.522. The van der Waals surface area contributed by atoms with E-state index in [0.29, 0.717) is 5.41 Å². The summed E-state index contributed by atoms with van der Waals surface area (Å²) in [6, 6.07) is 0. The Labute approximate surface area is 94.8 Å². The molecule has 15 heavy (non-hydrogen) atoms. The molecule has 1 N–H and O–H groups in total. The average molecular weight is 213 g/mol. The van der Waals surface area contributed by atoms with Gasteiger partial charge in [0.05, 0.1) is 0 Å². The lowest BCUT2D eigenvalue weighted by Crippen LogP contribution is -2.34.